The minimum absolute atomic E-state index is 0.221. The summed E-state index contributed by atoms with van der Waals surface area (Å²) in [6.07, 6.45) is -2.79. The van der Waals surface area contributed by atoms with Gasteiger partial charge in [-0.3, -0.25) is 4.90 Å². The van der Waals surface area contributed by atoms with Gasteiger partial charge >= 0.3 is 6.18 Å². The maximum absolute atomic E-state index is 12.9. The van der Waals surface area contributed by atoms with Crippen molar-refractivity contribution in [3.8, 4) is 0 Å². The molecule has 2 aliphatic rings. The van der Waals surface area contributed by atoms with Gasteiger partial charge in [0.1, 0.15) is 0 Å². The lowest BCUT2D eigenvalue weighted by molar-refractivity contribution is -0.196. The Balaban J connectivity index is 2.05. The summed E-state index contributed by atoms with van der Waals surface area (Å²) < 4.78 is 38.7. The molecular weight excluding hydrogens is 217 g/mol. The molecule has 94 valence electrons. The molecule has 0 aliphatic carbocycles. The van der Waals surface area contributed by atoms with Crippen molar-refractivity contribution in [2.75, 3.05) is 26.2 Å². The van der Waals surface area contributed by atoms with Crippen LogP contribution in [0.15, 0.2) is 0 Å². The smallest absolute Gasteiger partial charge is 0.315 e. The molecule has 2 nitrogen and oxygen atoms in total. The van der Waals surface area contributed by atoms with Crippen LogP contribution >= 0.6 is 0 Å². The SMILES string of the molecule is C[C@@H]1CCN(C2CNCCC2C(F)(F)F)C1. The number of nitrogens with one attached hydrogen (secondary N) is 1. The molecule has 2 aliphatic heterocycles. The zero-order valence-corrected chi connectivity index (χ0v) is 9.56. The lowest BCUT2D eigenvalue weighted by atomic mass is 9.91. The summed E-state index contributed by atoms with van der Waals surface area (Å²) in [4.78, 5) is 2.02. The molecule has 2 rings (SSSR count). The minimum Gasteiger partial charge on any atom is -0.315 e. The van der Waals surface area contributed by atoms with Crippen LogP contribution in [0.2, 0.25) is 0 Å². The summed E-state index contributed by atoms with van der Waals surface area (Å²) in [6.45, 7) is 4.72. The summed E-state index contributed by atoms with van der Waals surface area (Å²) in [5.41, 5.74) is 0. The van der Waals surface area contributed by atoms with E-state index in [1.54, 1.807) is 0 Å². The van der Waals surface area contributed by atoms with E-state index >= 15 is 0 Å². The van der Waals surface area contributed by atoms with Crippen molar-refractivity contribution in [2.45, 2.75) is 32.0 Å². The van der Waals surface area contributed by atoms with Gasteiger partial charge < -0.3 is 5.32 Å². The summed E-state index contributed by atoms with van der Waals surface area (Å²) in [7, 11) is 0. The largest absolute Gasteiger partial charge is 0.393 e. The van der Waals surface area contributed by atoms with Gasteiger partial charge in [0.05, 0.1) is 5.92 Å². The van der Waals surface area contributed by atoms with Crippen molar-refractivity contribution in [1.82, 2.24) is 10.2 Å². The van der Waals surface area contributed by atoms with E-state index in [9.17, 15) is 13.2 Å². The van der Waals surface area contributed by atoms with Crippen molar-refractivity contribution >= 4 is 0 Å². The highest BCUT2D eigenvalue weighted by atomic mass is 19.4. The normalized spacial score (nSPS) is 37.9. The number of halogens is 3. The fourth-order valence-corrected chi connectivity index (χ4v) is 2.88. The Bertz CT molecular complexity index is 242. The first kappa shape index (κ1) is 12.2. The van der Waals surface area contributed by atoms with E-state index in [1.165, 1.54) is 0 Å². The highest BCUT2D eigenvalue weighted by molar-refractivity contribution is 4.92. The zero-order chi connectivity index (χ0) is 11.8. The van der Waals surface area contributed by atoms with Gasteiger partial charge in [0.2, 0.25) is 0 Å². The fraction of sp³-hybridized carbons (Fsp3) is 1.00. The van der Waals surface area contributed by atoms with Crippen molar-refractivity contribution < 1.29 is 13.2 Å². The van der Waals surface area contributed by atoms with Crippen LogP contribution in [0.3, 0.4) is 0 Å². The number of likely N-dealkylation sites (tertiary alicyclic amines) is 1. The Morgan fingerprint density at radius 2 is 2.00 bits per heavy atom. The third-order valence-corrected chi connectivity index (χ3v) is 3.79. The van der Waals surface area contributed by atoms with E-state index < -0.39 is 12.1 Å². The van der Waals surface area contributed by atoms with E-state index in [-0.39, 0.29) is 12.5 Å². The van der Waals surface area contributed by atoms with Gasteiger partial charge in [-0.15, -0.1) is 0 Å². The number of rotatable bonds is 1. The third kappa shape index (κ3) is 2.51. The molecule has 2 unspecified atom stereocenters. The first-order valence-electron chi connectivity index (χ1n) is 6.00. The van der Waals surface area contributed by atoms with Crippen molar-refractivity contribution in [1.29, 1.82) is 0 Å². The fourth-order valence-electron chi connectivity index (χ4n) is 2.88. The van der Waals surface area contributed by atoms with Crippen molar-refractivity contribution in [3.05, 3.63) is 0 Å². The first-order valence-corrected chi connectivity index (χ1v) is 6.00. The van der Waals surface area contributed by atoms with Crippen LogP contribution < -0.4 is 5.32 Å². The first-order chi connectivity index (χ1) is 7.48. The van der Waals surface area contributed by atoms with Crippen molar-refractivity contribution in [3.63, 3.8) is 0 Å². The average Bonchev–Trinajstić information content (AvgIpc) is 2.64. The van der Waals surface area contributed by atoms with E-state index in [4.69, 9.17) is 0 Å². The second-order valence-electron chi connectivity index (χ2n) is 5.10. The lowest BCUT2D eigenvalue weighted by Gasteiger charge is -2.39. The lowest BCUT2D eigenvalue weighted by Crippen LogP contribution is -2.54. The maximum atomic E-state index is 12.9. The third-order valence-electron chi connectivity index (χ3n) is 3.79. The quantitative estimate of drug-likeness (QED) is 0.747. The predicted octanol–water partition coefficient (Wildman–Crippen LogP) is 1.87. The Labute approximate surface area is 94.2 Å². The van der Waals surface area contributed by atoms with E-state index in [1.807, 2.05) is 4.90 Å². The molecule has 3 atom stereocenters. The Hall–Kier alpha value is -0.290. The molecule has 0 amide bonds. The van der Waals surface area contributed by atoms with Gasteiger partial charge in [-0.05, 0) is 31.8 Å². The molecule has 0 spiro atoms. The second kappa shape index (κ2) is 4.53. The maximum Gasteiger partial charge on any atom is 0.393 e. The number of nitrogens with zero attached hydrogens (tertiary/aromatic N) is 1. The van der Waals surface area contributed by atoms with Crippen LogP contribution in [0, 0.1) is 11.8 Å². The van der Waals surface area contributed by atoms with Crippen LogP contribution in [0.4, 0.5) is 13.2 Å². The molecule has 0 radical (unpaired) electrons. The molecule has 0 aromatic rings. The highest BCUT2D eigenvalue weighted by Gasteiger charge is 2.48. The predicted molar refractivity (Wildman–Crippen MR) is 56.2 cm³/mol. The number of alkyl halides is 3. The second-order valence-corrected chi connectivity index (χ2v) is 5.10. The zero-order valence-electron chi connectivity index (χ0n) is 9.56. The summed E-state index contributed by atoms with van der Waals surface area (Å²) in [5.74, 6) is -0.602. The highest BCUT2D eigenvalue weighted by Crippen LogP contribution is 2.36. The van der Waals surface area contributed by atoms with Crippen LogP contribution in [0.5, 0.6) is 0 Å². The summed E-state index contributed by atoms with van der Waals surface area (Å²) in [6, 6.07) is -0.348. The molecule has 1 N–H and O–H groups in total. The topological polar surface area (TPSA) is 15.3 Å². The molecule has 0 aromatic carbocycles. The Morgan fingerprint density at radius 1 is 1.25 bits per heavy atom. The Morgan fingerprint density at radius 3 is 2.56 bits per heavy atom. The van der Waals surface area contributed by atoms with Gasteiger partial charge in [0.15, 0.2) is 0 Å². The molecule has 0 aromatic heterocycles. The van der Waals surface area contributed by atoms with E-state index in [2.05, 4.69) is 12.2 Å². The molecule has 2 saturated heterocycles. The summed E-state index contributed by atoms with van der Waals surface area (Å²) >= 11 is 0. The molecular formula is C11H19F3N2. The number of piperidine rings is 1. The number of hydrogen-bond acceptors (Lipinski definition) is 2. The molecule has 16 heavy (non-hydrogen) atoms. The average molecular weight is 236 g/mol. The van der Waals surface area contributed by atoms with Gasteiger partial charge in [0.25, 0.3) is 0 Å². The van der Waals surface area contributed by atoms with Crippen LogP contribution in [0.25, 0.3) is 0 Å². The number of hydrogen-bond donors (Lipinski definition) is 1. The van der Waals surface area contributed by atoms with Gasteiger partial charge in [-0.2, -0.15) is 13.2 Å². The Kier molecular flexibility index (Phi) is 3.45. The molecule has 2 heterocycles. The van der Waals surface area contributed by atoms with Crippen LogP contribution in [0.1, 0.15) is 19.8 Å². The molecule has 2 fully saturated rings. The molecule has 0 saturated carbocycles. The van der Waals surface area contributed by atoms with Crippen molar-refractivity contribution in [2.24, 2.45) is 11.8 Å². The molecule has 0 bridgehead atoms. The molecule has 5 heteroatoms. The van der Waals surface area contributed by atoms with E-state index in [0.29, 0.717) is 19.0 Å². The van der Waals surface area contributed by atoms with Gasteiger partial charge in [-0.1, -0.05) is 6.92 Å². The van der Waals surface area contributed by atoms with Crippen LogP contribution in [-0.4, -0.2) is 43.3 Å². The minimum atomic E-state index is -4.04. The van der Waals surface area contributed by atoms with E-state index in [0.717, 1.165) is 19.5 Å². The van der Waals surface area contributed by atoms with Crippen LogP contribution in [-0.2, 0) is 0 Å². The summed E-state index contributed by atoms with van der Waals surface area (Å²) in [5, 5.41) is 3.09. The van der Waals surface area contributed by atoms with Gasteiger partial charge in [-0.25, -0.2) is 0 Å². The van der Waals surface area contributed by atoms with Gasteiger partial charge in [0, 0.05) is 19.1 Å². The monoisotopic (exact) mass is 236 g/mol. The standard InChI is InChI=1S/C11H19F3N2/c1-8-3-5-16(7-8)10-6-15-4-2-9(10)11(12,13)14/h8-10,15H,2-7H2,1H3/t8-,9?,10?/m1/s1.